The molecule has 1 aromatic carbocycles. The van der Waals surface area contributed by atoms with Crippen LogP contribution in [-0.4, -0.2) is 16.8 Å². The summed E-state index contributed by atoms with van der Waals surface area (Å²) in [6.45, 7) is 4.67. The molecule has 0 bridgehead atoms. The van der Waals surface area contributed by atoms with Gasteiger partial charge in [-0.25, -0.2) is 0 Å². The third kappa shape index (κ3) is 1.30. The number of nitrogens with zero attached hydrogens (tertiary/aromatic N) is 1. The molecule has 1 aliphatic rings. The van der Waals surface area contributed by atoms with Gasteiger partial charge in [-0.2, -0.15) is 0 Å². The Hall–Kier alpha value is -1.02. The second-order valence-electron chi connectivity index (χ2n) is 3.79. The van der Waals surface area contributed by atoms with Crippen LogP contribution in [0.5, 0.6) is 0 Å². The van der Waals surface area contributed by atoms with Gasteiger partial charge in [0.15, 0.2) is 0 Å². The lowest BCUT2D eigenvalue weighted by Crippen LogP contribution is -2.30. The Balaban J connectivity index is 2.45. The molecule has 0 aliphatic carbocycles. The van der Waals surface area contributed by atoms with Gasteiger partial charge in [-0.3, -0.25) is 4.79 Å². The first kappa shape index (κ1) is 9.53. The molecule has 0 aromatic heterocycles. The van der Waals surface area contributed by atoms with E-state index in [-0.39, 0.29) is 11.9 Å². The van der Waals surface area contributed by atoms with E-state index in [1.807, 2.05) is 36.9 Å². The minimum atomic E-state index is 0.0949. The third-order valence-corrected chi connectivity index (χ3v) is 2.92. The molecule has 0 atom stereocenters. The smallest absolute Gasteiger partial charge is 0.254 e. The van der Waals surface area contributed by atoms with E-state index in [9.17, 15) is 4.79 Å². The summed E-state index contributed by atoms with van der Waals surface area (Å²) in [5, 5.41) is 0.694. The maximum atomic E-state index is 11.9. The summed E-state index contributed by atoms with van der Waals surface area (Å²) in [5.74, 6) is 0.0949. The van der Waals surface area contributed by atoms with Crippen LogP contribution in [0.2, 0.25) is 5.02 Å². The van der Waals surface area contributed by atoms with Crippen LogP contribution in [0.15, 0.2) is 18.2 Å². The molecule has 1 aliphatic heterocycles. The zero-order chi connectivity index (χ0) is 10.3. The largest absolute Gasteiger partial charge is 0.332 e. The van der Waals surface area contributed by atoms with Crippen molar-refractivity contribution in [3.63, 3.8) is 0 Å². The van der Waals surface area contributed by atoms with E-state index in [2.05, 4.69) is 0 Å². The first-order valence-electron chi connectivity index (χ1n) is 4.69. The van der Waals surface area contributed by atoms with Crippen molar-refractivity contribution in [2.45, 2.75) is 26.4 Å². The Morgan fingerprint density at radius 3 is 2.71 bits per heavy atom. The van der Waals surface area contributed by atoms with Gasteiger partial charge in [0.05, 0.1) is 0 Å². The second-order valence-corrected chi connectivity index (χ2v) is 4.20. The lowest BCUT2D eigenvalue weighted by molar-refractivity contribution is 0.0730. The van der Waals surface area contributed by atoms with E-state index in [1.165, 1.54) is 0 Å². The molecule has 0 N–H and O–H groups in total. The number of hydrogen-bond donors (Lipinski definition) is 0. The third-order valence-electron chi connectivity index (χ3n) is 2.56. The Morgan fingerprint density at radius 1 is 1.43 bits per heavy atom. The molecular formula is C11H12ClNO. The van der Waals surface area contributed by atoms with Crippen LogP contribution in [-0.2, 0) is 6.54 Å². The molecule has 14 heavy (non-hydrogen) atoms. The molecule has 0 saturated carbocycles. The number of fused-ring (bicyclic) bond motifs is 1. The first-order valence-corrected chi connectivity index (χ1v) is 5.07. The molecule has 0 spiro atoms. The van der Waals surface area contributed by atoms with Gasteiger partial charge in [0.1, 0.15) is 0 Å². The summed E-state index contributed by atoms with van der Waals surface area (Å²) in [6, 6.07) is 5.72. The average Bonchev–Trinajstić information content (AvgIpc) is 2.46. The molecular weight excluding hydrogens is 198 g/mol. The highest BCUT2D eigenvalue weighted by Gasteiger charge is 2.30. The van der Waals surface area contributed by atoms with Crippen molar-refractivity contribution in [3.8, 4) is 0 Å². The number of benzene rings is 1. The molecule has 0 saturated heterocycles. The summed E-state index contributed by atoms with van der Waals surface area (Å²) < 4.78 is 0. The molecule has 1 amide bonds. The normalized spacial score (nSPS) is 15.1. The van der Waals surface area contributed by atoms with Crippen LogP contribution in [0.3, 0.4) is 0 Å². The lowest BCUT2D eigenvalue weighted by Gasteiger charge is -2.19. The standard InChI is InChI=1S/C11H12ClNO/c1-7(2)13-6-9-8(11(13)14)4-3-5-10(9)12/h3-5,7H,6H2,1-2H3. The Kier molecular flexibility index (Phi) is 2.23. The highest BCUT2D eigenvalue weighted by Crippen LogP contribution is 2.29. The molecule has 3 heteroatoms. The van der Waals surface area contributed by atoms with E-state index in [0.717, 1.165) is 11.1 Å². The van der Waals surface area contributed by atoms with Crippen molar-refractivity contribution in [2.24, 2.45) is 0 Å². The van der Waals surface area contributed by atoms with Crippen LogP contribution < -0.4 is 0 Å². The van der Waals surface area contributed by atoms with Gasteiger partial charge in [-0.15, -0.1) is 0 Å². The molecule has 1 heterocycles. The topological polar surface area (TPSA) is 20.3 Å². The molecule has 2 nitrogen and oxygen atoms in total. The molecule has 74 valence electrons. The van der Waals surface area contributed by atoms with Gasteiger partial charge in [0.25, 0.3) is 5.91 Å². The maximum absolute atomic E-state index is 11.9. The summed E-state index contributed by atoms with van der Waals surface area (Å²) >= 11 is 6.03. The fraction of sp³-hybridized carbons (Fsp3) is 0.364. The molecule has 0 radical (unpaired) electrons. The minimum absolute atomic E-state index is 0.0949. The number of carbonyl (C=O) groups excluding carboxylic acids is 1. The monoisotopic (exact) mass is 209 g/mol. The van der Waals surface area contributed by atoms with Crippen LogP contribution in [0.4, 0.5) is 0 Å². The Labute approximate surface area is 88.5 Å². The maximum Gasteiger partial charge on any atom is 0.254 e. The molecule has 0 fully saturated rings. The van der Waals surface area contributed by atoms with Gasteiger partial charge >= 0.3 is 0 Å². The second kappa shape index (κ2) is 3.28. The lowest BCUT2D eigenvalue weighted by atomic mass is 10.1. The first-order chi connectivity index (χ1) is 6.61. The van der Waals surface area contributed by atoms with Crippen molar-refractivity contribution in [1.82, 2.24) is 4.90 Å². The highest BCUT2D eigenvalue weighted by molar-refractivity contribution is 6.32. The number of halogens is 1. The average molecular weight is 210 g/mol. The van der Waals surface area contributed by atoms with E-state index in [1.54, 1.807) is 0 Å². The number of hydrogen-bond acceptors (Lipinski definition) is 1. The minimum Gasteiger partial charge on any atom is -0.332 e. The summed E-state index contributed by atoms with van der Waals surface area (Å²) in [4.78, 5) is 13.7. The van der Waals surface area contributed by atoms with E-state index < -0.39 is 0 Å². The van der Waals surface area contributed by atoms with Gasteiger partial charge in [0.2, 0.25) is 0 Å². The molecule has 1 aromatic rings. The molecule has 0 unspecified atom stereocenters. The van der Waals surface area contributed by atoms with Gasteiger partial charge in [-0.1, -0.05) is 17.7 Å². The van der Waals surface area contributed by atoms with E-state index in [4.69, 9.17) is 11.6 Å². The Morgan fingerprint density at radius 2 is 2.14 bits per heavy atom. The summed E-state index contributed by atoms with van der Waals surface area (Å²) in [7, 11) is 0. The highest BCUT2D eigenvalue weighted by atomic mass is 35.5. The molecule has 2 rings (SSSR count). The van der Waals surface area contributed by atoms with Crippen LogP contribution >= 0.6 is 11.6 Å². The SMILES string of the molecule is CC(C)N1Cc2c(Cl)cccc2C1=O. The van der Waals surface area contributed by atoms with Crippen LogP contribution in [0.25, 0.3) is 0 Å². The van der Waals surface area contributed by atoms with Crippen molar-refractivity contribution < 1.29 is 4.79 Å². The zero-order valence-corrected chi connectivity index (χ0v) is 9.01. The van der Waals surface area contributed by atoms with Crippen LogP contribution in [0, 0.1) is 0 Å². The quantitative estimate of drug-likeness (QED) is 0.697. The van der Waals surface area contributed by atoms with Crippen molar-refractivity contribution >= 4 is 17.5 Å². The number of carbonyl (C=O) groups is 1. The van der Waals surface area contributed by atoms with Crippen molar-refractivity contribution in [1.29, 1.82) is 0 Å². The Bertz CT molecular complexity index is 387. The van der Waals surface area contributed by atoms with Crippen LogP contribution in [0.1, 0.15) is 29.8 Å². The summed E-state index contributed by atoms with van der Waals surface area (Å²) in [5.41, 5.74) is 1.72. The fourth-order valence-corrected chi connectivity index (χ4v) is 1.97. The van der Waals surface area contributed by atoms with Gasteiger partial charge in [-0.05, 0) is 26.0 Å². The van der Waals surface area contributed by atoms with Gasteiger partial charge in [0, 0.05) is 28.7 Å². The predicted octanol–water partition coefficient (Wildman–Crippen LogP) is 2.70. The zero-order valence-electron chi connectivity index (χ0n) is 8.25. The van der Waals surface area contributed by atoms with E-state index in [0.29, 0.717) is 11.6 Å². The predicted molar refractivity (Wildman–Crippen MR) is 56.5 cm³/mol. The van der Waals surface area contributed by atoms with Gasteiger partial charge < -0.3 is 4.90 Å². The number of rotatable bonds is 1. The van der Waals surface area contributed by atoms with E-state index >= 15 is 0 Å². The summed E-state index contributed by atoms with van der Waals surface area (Å²) in [6.07, 6.45) is 0. The number of amides is 1. The fourth-order valence-electron chi connectivity index (χ4n) is 1.73. The van der Waals surface area contributed by atoms with Crippen molar-refractivity contribution in [3.05, 3.63) is 34.3 Å². The van der Waals surface area contributed by atoms with Crippen molar-refractivity contribution in [2.75, 3.05) is 0 Å².